The molecule has 0 aliphatic heterocycles. The van der Waals surface area contributed by atoms with Gasteiger partial charge in [-0.15, -0.1) is 11.3 Å². The van der Waals surface area contributed by atoms with Gasteiger partial charge in [0, 0.05) is 16.8 Å². The summed E-state index contributed by atoms with van der Waals surface area (Å²) >= 11 is 1.73. The zero-order valence-electron chi connectivity index (χ0n) is 11.9. The average Bonchev–Trinajstić information content (AvgIpc) is 2.73. The summed E-state index contributed by atoms with van der Waals surface area (Å²) in [6, 6.07) is 6.15. The molecule has 0 fully saturated rings. The minimum Gasteiger partial charge on any atom is -0.491 e. The maximum atomic E-state index is 5.68. The highest BCUT2D eigenvalue weighted by Crippen LogP contribution is 2.23. The van der Waals surface area contributed by atoms with Crippen molar-refractivity contribution in [2.75, 3.05) is 5.32 Å². The van der Waals surface area contributed by atoms with Gasteiger partial charge in [-0.05, 0) is 51.5 Å². The number of anilines is 1. The number of nitrogens with zero attached hydrogens (tertiary/aromatic N) is 1. The predicted molar refractivity (Wildman–Crippen MR) is 81.1 cm³/mol. The SMILES string of the molecule is Cc1ncc(CNc2ccc(OC(C)C)cc2C)s1. The van der Waals surface area contributed by atoms with Crippen molar-refractivity contribution >= 4 is 17.0 Å². The number of thiazole rings is 1. The molecule has 0 amide bonds. The van der Waals surface area contributed by atoms with Crippen LogP contribution in [-0.4, -0.2) is 11.1 Å². The van der Waals surface area contributed by atoms with Crippen molar-refractivity contribution in [3.05, 3.63) is 39.8 Å². The molecule has 0 atom stereocenters. The van der Waals surface area contributed by atoms with E-state index in [0.29, 0.717) is 0 Å². The average molecular weight is 276 g/mol. The van der Waals surface area contributed by atoms with Crippen LogP contribution in [0.5, 0.6) is 5.75 Å². The Morgan fingerprint density at radius 1 is 1.32 bits per heavy atom. The summed E-state index contributed by atoms with van der Waals surface area (Å²) in [5, 5.41) is 4.54. The van der Waals surface area contributed by atoms with E-state index >= 15 is 0 Å². The maximum Gasteiger partial charge on any atom is 0.120 e. The highest BCUT2D eigenvalue weighted by molar-refractivity contribution is 7.11. The first-order valence-corrected chi connectivity index (χ1v) is 7.28. The number of hydrogen-bond acceptors (Lipinski definition) is 4. The molecule has 1 aromatic carbocycles. The second kappa shape index (κ2) is 6.06. The van der Waals surface area contributed by atoms with E-state index < -0.39 is 0 Å². The quantitative estimate of drug-likeness (QED) is 0.890. The van der Waals surface area contributed by atoms with Crippen molar-refractivity contribution in [3.63, 3.8) is 0 Å². The number of rotatable bonds is 5. The molecule has 2 rings (SSSR count). The normalized spacial score (nSPS) is 10.8. The lowest BCUT2D eigenvalue weighted by Crippen LogP contribution is -2.06. The third-order valence-corrected chi connectivity index (χ3v) is 3.60. The monoisotopic (exact) mass is 276 g/mol. The zero-order chi connectivity index (χ0) is 13.8. The molecule has 0 unspecified atom stereocenters. The predicted octanol–water partition coefficient (Wildman–Crippen LogP) is 4.16. The second-order valence-corrected chi connectivity index (χ2v) is 6.16. The topological polar surface area (TPSA) is 34.2 Å². The standard InChI is InChI=1S/C15H20N2OS/c1-10(2)18-13-5-6-15(11(3)7-13)17-9-14-8-16-12(4)19-14/h5-8,10,17H,9H2,1-4H3. The molecular weight excluding hydrogens is 256 g/mol. The van der Waals surface area contributed by atoms with Crippen LogP contribution in [-0.2, 0) is 6.54 Å². The van der Waals surface area contributed by atoms with Crippen LogP contribution in [0.1, 0.15) is 29.3 Å². The highest BCUT2D eigenvalue weighted by atomic mass is 32.1. The van der Waals surface area contributed by atoms with E-state index in [1.165, 1.54) is 10.4 Å². The largest absolute Gasteiger partial charge is 0.491 e. The molecule has 0 bridgehead atoms. The molecule has 3 nitrogen and oxygen atoms in total. The van der Waals surface area contributed by atoms with Crippen LogP contribution in [0.2, 0.25) is 0 Å². The van der Waals surface area contributed by atoms with Crippen molar-refractivity contribution in [2.24, 2.45) is 0 Å². The second-order valence-electron chi connectivity index (χ2n) is 4.84. The third-order valence-electron chi connectivity index (χ3n) is 2.69. The van der Waals surface area contributed by atoms with Gasteiger partial charge in [0.15, 0.2) is 0 Å². The van der Waals surface area contributed by atoms with E-state index in [9.17, 15) is 0 Å². The lowest BCUT2D eigenvalue weighted by molar-refractivity contribution is 0.242. The van der Waals surface area contributed by atoms with E-state index in [1.54, 1.807) is 11.3 Å². The fraction of sp³-hybridized carbons (Fsp3) is 0.400. The van der Waals surface area contributed by atoms with Crippen molar-refractivity contribution < 1.29 is 4.74 Å². The molecule has 0 saturated heterocycles. The van der Waals surface area contributed by atoms with Crippen molar-refractivity contribution in [3.8, 4) is 5.75 Å². The lowest BCUT2D eigenvalue weighted by Gasteiger charge is -2.13. The van der Waals surface area contributed by atoms with Gasteiger partial charge >= 0.3 is 0 Å². The van der Waals surface area contributed by atoms with E-state index in [1.807, 2.05) is 33.0 Å². The first kappa shape index (κ1) is 13.9. The first-order chi connectivity index (χ1) is 9.04. The molecule has 0 spiro atoms. The minimum atomic E-state index is 0.207. The van der Waals surface area contributed by atoms with Crippen LogP contribution >= 0.6 is 11.3 Å². The smallest absolute Gasteiger partial charge is 0.120 e. The van der Waals surface area contributed by atoms with Gasteiger partial charge in [0.05, 0.1) is 17.7 Å². The van der Waals surface area contributed by atoms with Crippen LogP contribution < -0.4 is 10.1 Å². The summed E-state index contributed by atoms with van der Waals surface area (Å²) in [6.45, 7) is 9.00. The molecular formula is C15H20N2OS. The minimum absolute atomic E-state index is 0.207. The number of benzene rings is 1. The van der Waals surface area contributed by atoms with Gasteiger partial charge < -0.3 is 10.1 Å². The Kier molecular flexibility index (Phi) is 4.43. The molecule has 102 valence electrons. The Morgan fingerprint density at radius 2 is 2.11 bits per heavy atom. The van der Waals surface area contributed by atoms with Gasteiger partial charge in [0.25, 0.3) is 0 Å². The Morgan fingerprint density at radius 3 is 2.68 bits per heavy atom. The van der Waals surface area contributed by atoms with Crippen molar-refractivity contribution in [1.29, 1.82) is 0 Å². The van der Waals surface area contributed by atoms with E-state index in [0.717, 1.165) is 23.0 Å². The Balaban J connectivity index is 2.00. The number of aryl methyl sites for hydroxylation is 2. The molecule has 1 aromatic heterocycles. The Bertz CT molecular complexity index is 549. The van der Waals surface area contributed by atoms with Crippen LogP contribution in [0.25, 0.3) is 0 Å². The molecule has 19 heavy (non-hydrogen) atoms. The molecule has 2 aromatic rings. The van der Waals surface area contributed by atoms with Gasteiger partial charge in [-0.25, -0.2) is 4.98 Å². The number of hydrogen-bond donors (Lipinski definition) is 1. The van der Waals surface area contributed by atoms with Crippen LogP contribution in [0.3, 0.4) is 0 Å². The molecule has 1 heterocycles. The van der Waals surface area contributed by atoms with Gasteiger partial charge in [0.1, 0.15) is 5.75 Å². The maximum absolute atomic E-state index is 5.68. The van der Waals surface area contributed by atoms with Crippen LogP contribution in [0.15, 0.2) is 24.4 Å². The lowest BCUT2D eigenvalue weighted by atomic mass is 10.2. The summed E-state index contributed by atoms with van der Waals surface area (Å²) in [6.07, 6.45) is 2.14. The number of nitrogens with one attached hydrogen (secondary N) is 1. The fourth-order valence-corrected chi connectivity index (χ4v) is 2.58. The molecule has 4 heteroatoms. The third kappa shape index (κ3) is 3.96. The molecule has 0 saturated carbocycles. The fourth-order valence-electron chi connectivity index (χ4n) is 1.85. The Hall–Kier alpha value is -1.55. The van der Waals surface area contributed by atoms with E-state index in [4.69, 9.17) is 4.74 Å². The summed E-state index contributed by atoms with van der Waals surface area (Å²) in [5.41, 5.74) is 2.33. The molecule has 1 N–H and O–H groups in total. The summed E-state index contributed by atoms with van der Waals surface area (Å²) in [4.78, 5) is 5.51. The van der Waals surface area contributed by atoms with Crippen molar-refractivity contribution in [1.82, 2.24) is 4.98 Å². The van der Waals surface area contributed by atoms with Gasteiger partial charge in [0.2, 0.25) is 0 Å². The molecule has 0 aliphatic rings. The van der Waals surface area contributed by atoms with Crippen LogP contribution in [0.4, 0.5) is 5.69 Å². The Labute approximate surface area is 118 Å². The van der Waals surface area contributed by atoms with Crippen LogP contribution in [0, 0.1) is 13.8 Å². The number of aromatic nitrogens is 1. The highest BCUT2D eigenvalue weighted by Gasteiger charge is 2.03. The van der Waals surface area contributed by atoms with Gasteiger partial charge in [-0.1, -0.05) is 0 Å². The van der Waals surface area contributed by atoms with Crippen molar-refractivity contribution in [2.45, 2.75) is 40.3 Å². The summed E-state index contributed by atoms with van der Waals surface area (Å²) in [7, 11) is 0. The molecule has 0 radical (unpaired) electrons. The zero-order valence-corrected chi connectivity index (χ0v) is 12.7. The first-order valence-electron chi connectivity index (χ1n) is 6.47. The van der Waals surface area contributed by atoms with E-state index in [2.05, 4.69) is 29.4 Å². The van der Waals surface area contributed by atoms with Gasteiger partial charge in [-0.2, -0.15) is 0 Å². The molecule has 0 aliphatic carbocycles. The summed E-state index contributed by atoms with van der Waals surface area (Å²) in [5.74, 6) is 0.923. The van der Waals surface area contributed by atoms with Gasteiger partial charge in [-0.3, -0.25) is 0 Å². The number of ether oxygens (including phenoxy) is 1. The van der Waals surface area contributed by atoms with E-state index in [-0.39, 0.29) is 6.10 Å². The summed E-state index contributed by atoms with van der Waals surface area (Å²) < 4.78 is 5.68.